The Labute approximate surface area is 77.1 Å². The van der Waals surface area contributed by atoms with E-state index in [0.29, 0.717) is 6.04 Å². The van der Waals surface area contributed by atoms with Gasteiger partial charge in [0.05, 0.1) is 0 Å². The standard InChI is InChI=1S/C10H23N2/c1-4-5-7-10(11)8-6-9-12(2)3/h5,10H,4,6-9,11H2,1-3H3. The van der Waals surface area contributed by atoms with Gasteiger partial charge in [-0.2, -0.15) is 0 Å². The van der Waals surface area contributed by atoms with Crippen LogP contribution in [0.4, 0.5) is 0 Å². The highest BCUT2D eigenvalue weighted by Crippen LogP contribution is 2.03. The molecule has 0 aromatic carbocycles. The van der Waals surface area contributed by atoms with Crippen LogP contribution in [-0.4, -0.2) is 31.6 Å². The Morgan fingerprint density at radius 1 is 1.42 bits per heavy atom. The van der Waals surface area contributed by atoms with E-state index in [1.165, 1.54) is 6.42 Å². The molecule has 0 amide bonds. The molecule has 0 saturated heterocycles. The van der Waals surface area contributed by atoms with E-state index < -0.39 is 0 Å². The highest BCUT2D eigenvalue weighted by atomic mass is 15.0. The third-order valence-electron chi connectivity index (χ3n) is 1.94. The Kier molecular flexibility index (Phi) is 7.51. The van der Waals surface area contributed by atoms with Gasteiger partial charge in [0, 0.05) is 6.04 Å². The predicted octanol–water partition coefficient (Wildman–Crippen LogP) is 1.66. The summed E-state index contributed by atoms with van der Waals surface area (Å²) in [7, 11) is 4.20. The van der Waals surface area contributed by atoms with Crippen molar-refractivity contribution >= 4 is 0 Å². The van der Waals surface area contributed by atoms with Crippen molar-refractivity contribution in [2.75, 3.05) is 20.6 Å². The van der Waals surface area contributed by atoms with Crippen molar-refractivity contribution in [1.82, 2.24) is 4.90 Å². The molecule has 12 heavy (non-hydrogen) atoms. The summed E-state index contributed by atoms with van der Waals surface area (Å²) in [6.07, 6.45) is 6.84. The Balaban J connectivity index is 3.13. The zero-order chi connectivity index (χ0) is 9.40. The lowest BCUT2D eigenvalue weighted by Crippen LogP contribution is -2.22. The number of hydrogen-bond donors (Lipinski definition) is 1. The SMILES string of the molecule is CC[CH]CC(N)CCCN(C)C. The fraction of sp³-hybridized carbons (Fsp3) is 0.900. The lowest BCUT2D eigenvalue weighted by Gasteiger charge is -2.13. The maximum absolute atomic E-state index is 5.90. The molecule has 0 aliphatic heterocycles. The minimum absolute atomic E-state index is 0.380. The van der Waals surface area contributed by atoms with Gasteiger partial charge in [-0.3, -0.25) is 0 Å². The minimum Gasteiger partial charge on any atom is -0.328 e. The molecule has 0 rings (SSSR count). The molecule has 0 aromatic heterocycles. The van der Waals surface area contributed by atoms with Crippen molar-refractivity contribution < 1.29 is 0 Å². The lowest BCUT2D eigenvalue weighted by molar-refractivity contribution is 0.383. The van der Waals surface area contributed by atoms with Crippen molar-refractivity contribution in [2.45, 2.75) is 38.6 Å². The van der Waals surface area contributed by atoms with Gasteiger partial charge >= 0.3 is 0 Å². The second-order valence-electron chi connectivity index (χ2n) is 3.64. The van der Waals surface area contributed by atoms with Crippen LogP contribution in [0.3, 0.4) is 0 Å². The maximum Gasteiger partial charge on any atom is 0.00420 e. The van der Waals surface area contributed by atoms with Gasteiger partial charge in [-0.15, -0.1) is 0 Å². The van der Waals surface area contributed by atoms with E-state index >= 15 is 0 Å². The molecule has 0 bridgehead atoms. The lowest BCUT2D eigenvalue weighted by atomic mass is 10.1. The van der Waals surface area contributed by atoms with E-state index in [2.05, 4.69) is 32.3 Å². The van der Waals surface area contributed by atoms with Crippen LogP contribution in [0.1, 0.15) is 32.6 Å². The predicted molar refractivity (Wildman–Crippen MR) is 55.0 cm³/mol. The highest BCUT2D eigenvalue weighted by Gasteiger charge is 2.01. The first kappa shape index (κ1) is 11.9. The summed E-state index contributed by atoms with van der Waals surface area (Å²) in [5.74, 6) is 0. The summed E-state index contributed by atoms with van der Waals surface area (Å²) in [5, 5.41) is 0. The Morgan fingerprint density at radius 2 is 2.08 bits per heavy atom. The third kappa shape index (κ3) is 8.02. The fourth-order valence-electron chi connectivity index (χ4n) is 1.17. The second kappa shape index (κ2) is 7.56. The Morgan fingerprint density at radius 3 is 2.58 bits per heavy atom. The highest BCUT2D eigenvalue weighted by molar-refractivity contribution is 4.71. The molecule has 0 saturated carbocycles. The van der Waals surface area contributed by atoms with Gasteiger partial charge < -0.3 is 10.6 Å². The van der Waals surface area contributed by atoms with Gasteiger partial charge in [0.2, 0.25) is 0 Å². The van der Waals surface area contributed by atoms with Crippen molar-refractivity contribution in [1.29, 1.82) is 0 Å². The van der Waals surface area contributed by atoms with Crippen molar-refractivity contribution in [3.05, 3.63) is 6.42 Å². The van der Waals surface area contributed by atoms with E-state index in [-0.39, 0.29) is 0 Å². The van der Waals surface area contributed by atoms with Gasteiger partial charge in [-0.25, -0.2) is 0 Å². The van der Waals surface area contributed by atoms with Crippen LogP contribution < -0.4 is 5.73 Å². The van der Waals surface area contributed by atoms with Crippen LogP contribution >= 0.6 is 0 Å². The molecule has 73 valence electrons. The van der Waals surface area contributed by atoms with E-state index in [1.54, 1.807) is 0 Å². The van der Waals surface area contributed by atoms with Gasteiger partial charge in [0.25, 0.3) is 0 Å². The summed E-state index contributed by atoms with van der Waals surface area (Å²) >= 11 is 0. The number of rotatable bonds is 7. The molecule has 2 heteroatoms. The minimum atomic E-state index is 0.380. The van der Waals surface area contributed by atoms with Gasteiger partial charge in [-0.05, 0) is 46.3 Å². The number of nitrogens with two attached hydrogens (primary N) is 1. The van der Waals surface area contributed by atoms with Gasteiger partial charge in [0.15, 0.2) is 0 Å². The monoisotopic (exact) mass is 171 g/mol. The smallest absolute Gasteiger partial charge is 0.00420 e. The molecule has 2 nitrogen and oxygen atoms in total. The molecule has 1 unspecified atom stereocenters. The summed E-state index contributed by atoms with van der Waals surface area (Å²) < 4.78 is 0. The maximum atomic E-state index is 5.90. The molecule has 1 atom stereocenters. The summed E-state index contributed by atoms with van der Waals surface area (Å²) in [6.45, 7) is 3.31. The van der Waals surface area contributed by atoms with Crippen LogP contribution in [-0.2, 0) is 0 Å². The van der Waals surface area contributed by atoms with Crippen molar-refractivity contribution in [3.8, 4) is 0 Å². The van der Waals surface area contributed by atoms with E-state index in [0.717, 1.165) is 25.8 Å². The normalized spacial score (nSPS) is 13.8. The largest absolute Gasteiger partial charge is 0.328 e. The first-order valence-electron chi connectivity index (χ1n) is 4.88. The topological polar surface area (TPSA) is 29.3 Å². The molecule has 0 heterocycles. The van der Waals surface area contributed by atoms with Crippen molar-refractivity contribution in [2.24, 2.45) is 5.73 Å². The summed E-state index contributed by atoms with van der Waals surface area (Å²) in [4.78, 5) is 2.20. The van der Waals surface area contributed by atoms with Gasteiger partial charge in [0.1, 0.15) is 0 Å². The zero-order valence-corrected chi connectivity index (χ0v) is 8.71. The Bertz CT molecular complexity index is 91.8. The molecular formula is C10H23N2. The van der Waals surface area contributed by atoms with Crippen molar-refractivity contribution in [3.63, 3.8) is 0 Å². The first-order chi connectivity index (χ1) is 5.66. The third-order valence-corrected chi connectivity index (χ3v) is 1.94. The molecule has 2 N–H and O–H groups in total. The van der Waals surface area contributed by atoms with Crippen LogP contribution in [0.5, 0.6) is 0 Å². The Hall–Kier alpha value is -0.0800. The number of unbranched alkanes of at least 4 members (excludes halogenated alkanes) is 1. The molecular weight excluding hydrogens is 148 g/mol. The molecule has 0 aliphatic carbocycles. The van der Waals surface area contributed by atoms with E-state index in [4.69, 9.17) is 5.73 Å². The van der Waals surface area contributed by atoms with Crippen LogP contribution in [0.15, 0.2) is 0 Å². The number of nitrogens with zero attached hydrogens (tertiary/aromatic N) is 1. The molecule has 1 radical (unpaired) electrons. The van der Waals surface area contributed by atoms with E-state index in [1.807, 2.05) is 0 Å². The molecule has 0 spiro atoms. The zero-order valence-electron chi connectivity index (χ0n) is 8.71. The second-order valence-corrected chi connectivity index (χ2v) is 3.64. The number of hydrogen-bond acceptors (Lipinski definition) is 2. The molecule has 0 fully saturated rings. The average molecular weight is 171 g/mol. The quantitative estimate of drug-likeness (QED) is 0.631. The van der Waals surface area contributed by atoms with E-state index in [9.17, 15) is 0 Å². The average Bonchev–Trinajstić information content (AvgIpc) is 2.00. The molecule has 0 aromatic rings. The molecule has 0 aliphatic rings. The van der Waals surface area contributed by atoms with Crippen LogP contribution in [0.2, 0.25) is 0 Å². The van der Waals surface area contributed by atoms with Gasteiger partial charge in [-0.1, -0.05) is 13.3 Å². The fourth-order valence-corrected chi connectivity index (χ4v) is 1.17. The first-order valence-corrected chi connectivity index (χ1v) is 4.88. The van der Waals surface area contributed by atoms with Crippen LogP contribution in [0, 0.1) is 6.42 Å². The summed E-state index contributed by atoms with van der Waals surface area (Å²) in [5.41, 5.74) is 5.90. The van der Waals surface area contributed by atoms with Crippen LogP contribution in [0.25, 0.3) is 0 Å². The summed E-state index contributed by atoms with van der Waals surface area (Å²) in [6, 6.07) is 0.380.